The average Bonchev–Trinajstić information content (AvgIpc) is 2.87. The van der Waals surface area contributed by atoms with E-state index in [1.165, 1.54) is 0 Å². The van der Waals surface area contributed by atoms with Crippen molar-refractivity contribution in [3.05, 3.63) is 28.1 Å². The van der Waals surface area contributed by atoms with Crippen LogP contribution in [0.3, 0.4) is 0 Å². The van der Waals surface area contributed by atoms with Gasteiger partial charge >= 0.3 is 11.7 Å². The van der Waals surface area contributed by atoms with E-state index in [4.69, 9.17) is 0 Å². The van der Waals surface area contributed by atoms with Gasteiger partial charge in [0.05, 0.1) is 5.10 Å². The normalized spacial score (nSPS) is 9.85. The number of amides is 2. The SMILES string of the molecule is C=C(C)C(=O)NCCCNC(=O)c1nnn([N+](=O)[O-])n1. The molecule has 0 saturated heterocycles. The van der Waals surface area contributed by atoms with Crippen LogP contribution in [-0.4, -0.2) is 50.3 Å². The third-order valence-electron chi connectivity index (χ3n) is 2.07. The maximum atomic E-state index is 11.5. The van der Waals surface area contributed by atoms with Crippen LogP contribution in [0, 0.1) is 10.1 Å². The summed E-state index contributed by atoms with van der Waals surface area (Å²) in [5.41, 5.74) is 0.398. The van der Waals surface area contributed by atoms with Gasteiger partial charge in [0.15, 0.2) is 4.91 Å². The molecule has 1 heterocycles. The topological polar surface area (TPSA) is 145 Å². The quantitative estimate of drug-likeness (QED) is 0.269. The molecule has 0 bridgehead atoms. The molecule has 0 radical (unpaired) electrons. The average molecular weight is 283 g/mol. The fraction of sp³-hybridized carbons (Fsp3) is 0.444. The van der Waals surface area contributed by atoms with Crippen LogP contribution >= 0.6 is 0 Å². The Labute approximate surface area is 113 Å². The lowest BCUT2D eigenvalue weighted by Gasteiger charge is -2.04. The Morgan fingerprint density at radius 2 is 2.05 bits per heavy atom. The van der Waals surface area contributed by atoms with Crippen molar-refractivity contribution >= 4 is 11.8 Å². The number of carbonyl (C=O) groups is 2. The minimum Gasteiger partial charge on any atom is -0.372 e. The Morgan fingerprint density at radius 3 is 2.60 bits per heavy atom. The Morgan fingerprint density at radius 1 is 1.40 bits per heavy atom. The highest BCUT2D eigenvalue weighted by atomic mass is 16.7. The van der Waals surface area contributed by atoms with Crippen LogP contribution in [0.25, 0.3) is 0 Å². The van der Waals surface area contributed by atoms with Crippen molar-refractivity contribution in [3.63, 3.8) is 0 Å². The lowest BCUT2D eigenvalue weighted by molar-refractivity contribution is -0.564. The zero-order valence-corrected chi connectivity index (χ0v) is 10.7. The fourth-order valence-electron chi connectivity index (χ4n) is 1.09. The van der Waals surface area contributed by atoms with Crippen molar-refractivity contribution in [1.82, 2.24) is 30.9 Å². The van der Waals surface area contributed by atoms with Crippen LogP contribution in [-0.2, 0) is 4.79 Å². The number of rotatable bonds is 7. The van der Waals surface area contributed by atoms with Crippen molar-refractivity contribution < 1.29 is 14.6 Å². The van der Waals surface area contributed by atoms with Gasteiger partial charge in [-0.2, -0.15) is 0 Å². The Hall–Kier alpha value is -2.85. The van der Waals surface area contributed by atoms with Crippen LogP contribution in [0.1, 0.15) is 24.0 Å². The summed E-state index contributed by atoms with van der Waals surface area (Å²) >= 11 is 0. The molecule has 0 aliphatic rings. The number of carbonyl (C=O) groups excluding carboxylic acids is 2. The largest absolute Gasteiger partial charge is 0.372 e. The van der Waals surface area contributed by atoms with Gasteiger partial charge in [-0.25, -0.2) is 0 Å². The summed E-state index contributed by atoms with van der Waals surface area (Å²) in [4.78, 5) is 33.0. The van der Waals surface area contributed by atoms with E-state index in [0.717, 1.165) is 0 Å². The first-order valence-electron chi connectivity index (χ1n) is 5.58. The fourth-order valence-corrected chi connectivity index (χ4v) is 1.09. The van der Waals surface area contributed by atoms with Gasteiger partial charge in [0.25, 0.3) is 0 Å². The molecule has 0 atom stereocenters. The molecule has 0 unspecified atom stereocenters. The molecule has 2 amide bonds. The number of tetrazole rings is 1. The Kier molecular flexibility index (Phi) is 5.26. The van der Waals surface area contributed by atoms with Gasteiger partial charge in [0, 0.05) is 23.7 Å². The summed E-state index contributed by atoms with van der Waals surface area (Å²) in [6.45, 7) is 5.67. The van der Waals surface area contributed by atoms with E-state index in [9.17, 15) is 19.7 Å². The van der Waals surface area contributed by atoms with Crippen molar-refractivity contribution in [2.75, 3.05) is 13.1 Å². The van der Waals surface area contributed by atoms with Crippen LogP contribution in [0.15, 0.2) is 12.2 Å². The third kappa shape index (κ3) is 4.44. The van der Waals surface area contributed by atoms with Gasteiger partial charge in [-0.1, -0.05) is 6.58 Å². The number of nitrogens with one attached hydrogen (secondary N) is 2. The molecule has 11 heteroatoms. The molecule has 11 nitrogen and oxygen atoms in total. The summed E-state index contributed by atoms with van der Waals surface area (Å²) in [6, 6.07) is 0. The van der Waals surface area contributed by atoms with Crippen LogP contribution < -0.4 is 10.6 Å². The maximum absolute atomic E-state index is 11.5. The molecular weight excluding hydrogens is 270 g/mol. The highest BCUT2D eigenvalue weighted by Gasteiger charge is 2.20. The lowest BCUT2D eigenvalue weighted by atomic mass is 10.3. The van der Waals surface area contributed by atoms with E-state index in [-0.39, 0.29) is 17.4 Å². The summed E-state index contributed by atoms with van der Waals surface area (Å²) in [7, 11) is 0. The van der Waals surface area contributed by atoms with Gasteiger partial charge in [-0.05, 0) is 18.4 Å². The van der Waals surface area contributed by atoms with Crippen molar-refractivity contribution in [3.8, 4) is 0 Å². The molecule has 0 aliphatic heterocycles. The van der Waals surface area contributed by atoms with E-state index in [2.05, 4.69) is 32.6 Å². The highest BCUT2D eigenvalue weighted by molar-refractivity contribution is 5.92. The molecule has 0 aliphatic carbocycles. The van der Waals surface area contributed by atoms with Crippen LogP contribution in [0.4, 0.5) is 0 Å². The van der Waals surface area contributed by atoms with E-state index in [0.29, 0.717) is 18.5 Å². The van der Waals surface area contributed by atoms with Crippen molar-refractivity contribution in [2.45, 2.75) is 13.3 Å². The molecule has 0 saturated carbocycles. The van der Waals surface area contributed by atoms with E-state index in [1.807, 2.05) is 0 Å². The number of hydrogen-bond donors (Lipinski definition) is 2. The summed E-state index contributed by atoms with van der Waals surface area (Å²) in [5, 5.41) is 24.0. The van der Waals surface area contributed by atoms with Crippen molar-refractivity contribution in [2.24, 2.45) is 0 Å². The predicted octanol–water partition coefficient (Wildman–Crippen LogP) is -1.47. The predicted molar refractivity (Wildman–Crippen MR) is 65.0 cm³/mol. The van der Waals surface area contributed by atoms with Crippen LogP contribution in [0.2, 0.25) is 0 Å². The summed E-state index contributed by atoms with van der Waals surface area (Å²) in [6.07, 6.45) is 0.480. The second-order valence-electron chi connectivity index (χ2n) is 3.76. The van der Waals surface area contributed by atoms with Gasteiger partial charge in [0.2, 0.25) is 5.91 Å². The van der Waals surface area contributed by atoms with Gasteiger partial charge in [0.1, 0.15) is 5.21 Å². The number of hydrogen-bond acceptors (Lipinski definition) is 7. The second kappa shape index (κ2) is 6.92. The number of nitrogens with zero attached hydrogens (tertiary/aromatic N) is 5. The van der Waals surface area contributed by atoms with E-state index >= 15 is 0 Å². The first-order valence-corrected chi connectivity index (χ1v) is 5.58. The zero-order valence-electron chi connectivity index (χ0n) is 10.7. The first kappa shape index (κ1) is 15.2. The summed E-state index contributed by atoms with van der Waals surface area (Å²) < 4.78 is 0. The Balaban J connectivity index is 2.28. The molecular formula is C9H13N7O4. The molecule has 0 aromatic carbocycles. The minimum atomic E-state index is -0.920. The highest BCUT2D eigenvalue weighted by Crippen LogP contribution is 1.88. The minimum absolute atomic E-state index is 0.0992. The number of aromatic nitrogens is 4. The number of nitro groups is 1. The smallest absolute Gasteiger partial charge is 0.358 e. The molecule has 20 heavy (non-hydrogen) atoms. The molecule has 0 spiro atoms. The van der Waals surface area contributed by atoms with Gasteiger partial charge in [-0.3, -0.25) is 9.59 Å². The lowest BCUT2D eigenvalue weighted by Crippen LogP contribution is -2.30. The van der Waals surface area contributed by atoms with Crippen molar-refractivity contribution in [1.29, 1.82) is 0 Å². The van der Waals surface area contributed by atoms with E-state index in [1.54, 1.807) is 6.92 Å². The molecule has 2 N–H and O–H groups in total. The summed E-state index contributed by atoms with van der Waals surface area (Å²) in [5.74, 6) is -1.33. The third-order valence-corrected chi connectivity index (χ3v) is 2.07. The van der Waals surface area contributed by atoms with Crippen LogP contribution in [0.5, 0.6) is 0 Å². The second-order valence-corrected chi connectivity index (χ2v) is 3.76. The monoisotopic (exact) mass is 283 g/mol. The van der Waals surface area contributed by atoms with E-state index < -0.39 is 16.8 Å². The van der Waals surface area contributed by atoms with Gasteiger partial charge in [-0.15, -0.1) is 0 Å². The zero-order chi connectivity index (χ0) is 15.1. The maximum Gasteiger partial charge on any atom is 0.358 e. The molecule has 1 rings (SSSR count). The standard InChI is InChI=1S/C9H13N7O4/c1-6(2)8(17)10-4-3-5-11-9(18)7-12-14-15(13-7)16(19)20/h1,3-5H2,2H3,(H,10,17)(H,11,18). The first-order chi connectivity index (χ1) is 9.41. The van der Waals surface area contributed by atoms with Gasteiger partial charge < -0.3 is 20.7 Å². The Bertz CT molecular complexity index is 538. The molecule has 1 aromatic heterocycles. The molecule has 0 fully saturated rings. The molecule has 1 aromatic rings. The molecule has 108 valence electrons.